The van der Waals surface area contributed by atoms with Crippen molar-refractivity contribution in [2.75, 3.05) is 0 Å². The van der Waals surface area contributed by atoms with E-state index in [4.69, 9.17) is 4.42 Å². The third kappa shape index (κ3) is 5.24. The summed E-state index contributed by atoms with van der Waals surface area (Å²) in [4.78, 5) is 27.4. The van der Waals surface area contributed by atoms with Crippen LogP contribution in [0.4, 0.5) is 0 Å². The Morgan fingerprint density at radius 2 is 1.90 bits per heavy atom. The number of carbonyl (C=O) groups excluding carboxylic acids is 2. The number of rotatable bonds is 5. The Kier molecular flexibility index (Phi) is 6.06. The van der Waals surface area contributed by atoms with E-state index < -0.39 is 5.25 Å². The molecule has 0 aromatic carbocycles. The molecule has 0 radical (unpaired) electrons. The molecule has 6 nitrogen and oxygen atoms in total. The molecule has 0 aliphatic rings. The van der Waals surface area contributed by atoms with E-state index in [2.05, 4.69) is 15.8 Å². The zero-order chi connectivity index (χ0) is 15.3. The average Bonchev–Trinajstić information content (AvgIpc) is 2.64. The highest BCUT2D eigenvalue weighted by Crippen LogP contribution is 2.24. The summed E-state index contributed by atoms with van der Waals surface area (Å²) in [6.07, 6.45) is 0.375. The molecule has 1 aromatic rings. The molecule has 0 bridgehead atoms. The van der Waals surface area contributed by atoms with Crippen LogP contribution in [0.3, 0.4) is 0 Å². The van der Waals surface area contributed by atoms with E-state index in [9.17, 15) is 9.59 Å². The Bertz CT molecular complexity index is 466. The van der Waals surface area contributed by atoms with Crippen LogP contribution in [0.15, 0.2) is 9.64 Å². The maximum absolute atomic E-state index is 11.8. The molecule has 1 heterocycles. The molecule has 0 aliphatic heterocycles. The quantitative estimate of drug-likeness (QED) is 0.641. The van der Waals surface area contributed by atoms with E-state index in [0.717, 1.165) is 11.5 Å². The number of carbonyl (C=O) groups is 2. The number of thioether (sulfide) groups is 1. The first-order chi connectivity index (χ1) is 9.29. The lowest BCUT2D eigenvalue weighted by Crippen LogP contribution is -2.45. The van der Waals surface area contributed by atoms with Gasteiger partial charge in [-0.2, -0.15) is 0 Å². The van der Waals surface area contributed by atoms with Gasteiger partial charge in [-0.3, -0.25) is 20.4 Å². The first-order valence-electron chi connectivity index (χ1n) is 6.49. The van der Waals surface area contributed by atoms with Crippen LogP contribution >= 0.6 is 11.8 Å². The lowest BCUT2D eigenvalue weighted by molar-refractivity contribution is -0.128. The van der Waals surface area contributed by atoms with E-state index in [1.165, 1.54) is 11.8 Å². The highest BCUT2D eigenvalue weighted by molar-refractivity contribution is 8.00. The number of nitrogens with one attached hydrogen (secondary N) is 2. The molecule has 2 N–H and O–H groups in total. The molecule has 0 unspecified atom stereocenters. The Morgan fingerprint density at radius 1 is 1.25 bits per heavy atom. The summed E-state index contributed by atoms with van der Waals surface area (Å²) in [7, 11) is 0. The van der Waals surface area contributed by atoms with Gasteiger partial charge in [-0.1, -0.05) is 25.6 Å². The summed E-state index contributed by atoms with van der Waals surface area (Å²) in [5.74, 6) is 0.497. The topological polar surface area (TPSA) is 84.2 Å². The molecular weight excluding hydrogens is 278 g/mol. The normalized spacial score (nSPS) is 12.3. The second-order valence-electron chi connectivity index (χ2n) is 5.02. The number of aryl methyl sites for hydroxylation is 2. The SMILES string of the molecule is Cc1nc(S[C@H](C)C(=O)NNC(=O)CC(C)C)oc1C. The fourth-order valence-electron chi connectivity index (χ4n) is 1.35. The maximum atomic E-state index is 11.8. The summed E-state index contributed by atoms with van der Waals surface area (Å²) in [6.45, 7) is 9.27. The van der Waals surface area contributed by atoms with Gasteiger partial charge in [-0.05, 0) is 26.7 Å². The van der Waals surface area contributed by atoms with Crippen LogP contribution in [0.5, 0.6) is 0 Å². The smallest absolute Gasteiger partial charge is 0.256 e. The predicted molar refractivity (Wildman–Crippen MR) is 77.0 cm³/mol. The van der Waals surface area contributed by atoms with Gasteiger partial charge in [0.1, 0.15) is 5.76 Å². The van der Waals surface area contributed by atoms with Crippen molar-refractivity contribution in [1.82, 2.24) is 15.8 Å². The first-order valence-corrected chi connectivity index (χ1v) is 7.37. The molecule has 0 saturated carbocycles. The van der Waals surface area contributed by atoms with Gasteiger partial charge in [-0.25, -0.2) is 4.98 Å². The van der Waals surface area contributed by atoms with Gasteiger partial charge in [-0.15, -0.1) is 0 Å². The number of oxazole rings is 1. The molecule has 2 amide bonds. The Hall–Kier alpha value is -1.50. The van der Waals surface area contributed by atoms with Crippen LogP contribution in [-0.2, 0) is 9.59 Å². The minimum atomic E-state index is -0.410. The molecule has 112 valence electrons. The highest BCUT2D eigenvalue weighted by Gasteiger charge is 2.18. The molecule has 0 saturated heterocycles. The second-order valence-corrected chi connectivity index (χ2v) is 6.31. The number of amides is 2. The first kappa shape index (κ1) is 16.6. The minimum Gasteiger partial charge on any atom is -0.437 e. The van der Waals surface area contributed by atoms with Gasteiger partial charge in [0.05, 0.1) is 10.9 Å². The molecule has 0 fully saturated rings. The van der Waals surface area contributed by atoms with E-state index in [-0.39, 0.29) is 17.7 Å². The Balaban J connectivity index is 2.41. The maximum Gasteiger partial charge on any atom is 0.256 e. The fourth-order valence-corrected chi connectivity index (χ4v) is 2.18. The van der Waals surface area contributed by atoms with Crippen molar-refractivity contribution in [3.63, 3.8) is 0 Å². The van der Waals surface area contributed by atoms with Crippen molar-refractivity contribution in [3.8, 4) is 0 Å². The van der Waals surface area contributed by atoms with E-state index >= 15 is 0 Å². The van der Waals surface area contributed by atoms with Crippen molar-refractivity contribution in [2.24, 2.45) is 5.92 Å². The van der Waals surface area contributed by atoms with Crippen LogP contribution < -0.4 is 10.9 Å². The Morgan fingerprint density at radius 3 is 2.40 bits per heavy atom. The molecule has 1 aromatic heterocycles. The standard InChI is InChI=1S/C13H21N3O3S/c1-7(2)6-11(17)15-16-12(18)10(5)20-13-14-8(3)9(4)19-13/h7,10H,6H2,1-5H3,(H,15,17)(H,16,18)/t10-/m1/s1. The van der Waals surface area contributed by atoms with E-state index in [1.807, 2.05) is 27.7 Å². The van der Waals surface area contributed by atoms with Gasteiger partial charge >= 0.3 is 0 Å². The average molecular weight is 299 g/mol. The van der Waals surface area contributed by atoms with Crippen molar-refractivity contribution < 1.29 is 14.0 Å². The van der Waals surface area contributed by atoms with Crippen molar-refractivity contribution in [2.45, 2.75) is 51.5 Å². The van der Waals surface area contributed by atoms with Crippen LogP contribution in [0.25, 0.3) is 0 Å². The second kappa shape index (κ2) is 7.33. The molecule has 1 atom stereocenters. The van der Waals surface area contributed by atoms with Gasteiger partial charge in [0.15, 0.2) is 0 Å². The number of aromatic nitrogens is 1. The lowest BCUT2D eigenvalue weighted by Gasteiger charge is -2.11. The third-order valence-corrected chi connectivity index (χ3v) is 3.52. The van der Waals surface area contributed by atoms with Crippen molar-refractivity contribution in [3.05, 3.63) is 11.5 Å². The van der Waals surface area contributed by atoms with Crippen molar-refractivity contribution in [1.29, 1.82) is 0 Å². The summed E-state index contributed by atoms with van der Waals surface area (Å²) < 4.78 is 5.40. The van der Waals surface area contributed by atoms with Crippen molar-refractivity contribution >= 4 is 23.6 Å². The lowest BCUT2D eigenvalue weighted by atomic mass is 10.1. The molecule has 20 heavy (non-hydrogen) atoms. The van der Waals surface area contributed by atoms with Crippen LogP contribution in [0.2, 0.25) is 0 Å². The van der Waals surface area contributed by atoms with E-state index in [0.29, 0.717) is 11.6 Å². The van der Waals surface area contributed by atoms with Gasteiger partial charge in [0.2, 0.25) is 5.91 Å². The number of nitrogens with zero attached hydrogens (tertiary/aromatic N) is 1. The van der Waals surface area contributed by atoms with Gasteiger partial charge < -0.3 is 4.42 Å². The number of hydrogen-bond acceptors (Lipinski definition) is 5. The van der Waals surface area contributed by atoms with E-state index in [1.54, 1.807) is 6.92 Å². The summed E-state index contributed by atoms with van der Waals surface area (Å²) in [5.41, 5.74) is 5.61. The minimum absolute atomic E-state index is 0.201. The fraction of sp³-hybridized carbons (Fsp3) is 0.615. The van der Waals surface area contributed by atoms with Crippen LogP contribution in [0.1, 0.15) is 38.6 Å². The molecular formula is C13H21N3O3S. The third-order valence-electron chi connectivity index (χ3n) is 2.57. The summed E-state index contributed by atoms with van der Waals surface area (Å²) in [6, 6.07) is 0. The molecule has 1 rings (SSSR count). The molecule has 0 aliphatic carbocycles. The Labute approximate surface area is 123 Å². The van der Waals surface area contributed by atoms with Gasteiger partial charge in [0.25, 0.3) is 11.1 Å². The zero-order valence-corrected chi connectivity index (χ0v) is 13.3. The van der Waals surface area contributed by atoms with Crippen LogP contribution in [-0.4, -0.2) is 22.0 Å². The highest BCUT2D eigenvalue weighted by atomic mass is 32.2. The van der Waals surface area contributed by atoms with Crippen LogP contribution in [0, 0.1) is 19.8 Å². The number of hydrazine groups is 1. The zero-order valence-electron chi connectivity index (χ0n) is 12.4. The largest absolute Gasteiger partial charge is 0.437 e. The summed E-state index contributed by atoms with van der Waals surface area (Å²) in [5, 5.41) is 0.0444. The molecule has 7 heteroatoms. The number of hydrogen-bond donors (Lipinski definition) is 2. The monoisotopic (exact) mass is 299 g/mol. The summed E-state index contributed by atoms with van der Waals surface area (Å²) >= 11 is 1.21. The predicted octanol–water partition coefficient (Wildman–Crippen LogP) is 1.97. The molecule has 0 spiro atoms. The van der Waals surface area contributed by atoms with Gasteiger partial charge in [0, 0.05) is 6.42 Å².